The molecular formula is C12H19NO. The Kier molecular flexibility index (Phi) is 3.81. The maximum absolute atomic E-state index is 5.66. The summed E-state index contributed by atoms with van der Waals surface area (Å²) in [5.74, 6) is 1.00. The van der Waals surface area contributed by atoms with E-state index < -0.39 is 0 Å². The average Bonchev–Trinajstić information content (AvgIpc) is 2.21. The number of hydrogen-bond donors (Lipinski definition) is 1. The fourth-order valence-corrected chi connectivity index (χ4v) is 1.54. The van der Waals surface area contributed by atoms with Crippen molar-refractivity contribution in [1.82, 2.24) is 0 Å². The van der Waals surface area contributed by atoms with E-state index in [0.717, 1.165) is 24.3 Å². The second-order valence-corrected chi connectivity index (χ2v) is 3.33. The van der Waals surface area contributed by atoms with E-state index in [9.17, 15) is 0 Å². The largest absolute Gasteiger partial charge is 0.490 e. The van der Waals surface area contributed by atoms with E-state index in [-0.39, 0.29) is 0 Å². The van der Waals surface area contributed by atoms with Gasteiger partial charge in [0.25, 0.3) is 0 Å². The summed E-state index contributed by atoms with van der Waals surface area (Å²) in [4.78, 5) is 0. The van der Waals surface area contributed by atoms with Gasteiger partial charge in [-0.2, -0.15) is 0 Å². The summed E-state index contributed by atoms with van der Waals surface area (Å²) in [6.45, 7) is 6.10. The lowest BCUT2D eigenvalue weighted by atomic mass is 10.0. The van der Waals surface area contributed by atoms with Gasteiger partial charge in [0, 0.05) is 5.69 Å². The summed E-state index contributed by atoms with van der Waals surface area (Å²) >= 11 is 0. The molecule has 2 nitrogen and oxygen atoms in total. The van der Waals surface area contributed by atoms with Crippen LogP contribution in [-0.4, -0.2) is 6.10 Å². The molecule has 2 N–H and O–H groups in total. The lowest BCUT2D eigenvalue weighted by molar-refractivity contribution is 0.192. The first-order valence-corrected chi connectivity index (χ1v) is 5.31. The first-order chi connectivity index (χ1) is 6.75. The molecule has 2 rings (SSSR count). The average molecular weight is 193 g/mol. The molecule has 1 aromatic carbocycles. The van der Waals surface area contributed by atoms with Gasteiger partial charge in [0.15, 0.2) is 0 Å². The fraction of sp³-hybridized carbons (Fsp3) is 0.500. The number of nitrogens with two attached hydrogens (primary N) is 1. The molecule has 0 saturated heterocycles. The van der Waals surface area contributed by atoms with Crippen LogP contribution in [0.15, 0.2) is 18.2 Å². The van der Waals surface area contributed by atoms with Crippen molar-refractivity contribution in [2.24, 2.45) is 0 Å². The summed E-state index contributed by atoms with van der Waals surface area (Å²) in [7, 11) is 0. The SMILES string of the molecule is CC.C[C@@H]1CCc2cc(N)ccc2O1. The van der Waals surface area contributed by atoms with Crippen molar-refractivity contribution < 1.29 is 4.74 Å². The van der Waals surface area contributed by atoms with Crippen molar-refractivity contribution >= 4 is 5.69 Å². The Labute approximate surface area is 86.1 Å². The number of ether oxygens (including phenoxy) is 1. The molecule has 2 heteroatoms. The molecule has 0 radical (unpaired) electrons. The molecule has 0 amide bonds. The van der Waals surface area contributed by atoms with Gasteiger partial charge >= 0.3 is 0 Å². The molecular weight excluding hydrogens is 174 g/mol. The standard InChI is InChI=1S/C10H13NO.C2H6/c1-7-2-3-8-6-9(11)4-5-10(8)12-7;1-2/h4-7H,2-3,11H2,1H3;1-2H3/t7-;/m1./s1. The zero-order valence-electron chi connectivity index (χ0n) is 9.21. The van der Waals surface area contributed by atoms with Gasteiger partial charge in [-0.3, -0.25) is 0 Å². The molecule has 1 heterocycles. The minimum atomic E-state index is 0.348. The van der Waals surface area contributed by atoms with Gasteiger partial charge in [0.05, 0.1) is 6.10 Å². The first-order valence-electron chi connectivity index (χ1n) is 5.31. The number of fused-ring (bicyclic) bond motifs is 1. The number of anilines is 1. The summed E-state index contributed by atoms with van der Waals surface area (Å²) in [6.07, 6.45) is 2.53. The molecule has 1 aromatic rings. The van der Waals surface area contributed by atoms with Crippen LogP contribution < -0.4 is 10.5 Å². The number of benzene rings is 1. The van der Waals surface area contributed by atoms with E-state index >= 15 is 0 Å². The van der Waals surface area contributed by atoms with Crippen LogP contribution in [0.1, 0.15) is 32.8 Å². The minimum absolute atomic E-state index is 0.348. The van der Waals surface area contributed by atoms with Crippen LogP contribution >= 0.6 is 0 Å². The van der Waals surface area contributed by atoms with Crippen molar-refractivity contribution in [3.63, 3.8) is 0 Å². The third kappa shape index (κ3) is 2.41. The van der Waals surface area contributed by atoms with Crippen LogP contribution in [0.2, 0.25) is 0 Å². The normalized spacial score (nSPS) is 18.6. The van der Waals surface area contributed by atoms with Crippen LogP contribution in [0.3, 0.4) is 0 Å². The van der Waals surface area contributed by atoms with Crippen LogP contribution in [0.5, 0.6) is 5.75 Å². The summed E-state index contributed by atoms with van der Waals surface area (Å²) in [6, 6.07) is 5.85. The second kappa shape index (κ2) is 4.89. The van der Waals surface area contributed by atoms with Crippen LogP contribution in [0.4, 0.5) is 5.69 Å². The fourth-order valence-electron chi connectivity index (χ4n) is 1.54. The van der Waals surface area contributed by atoms with E-state index in [0.29, 0.717) is 6.10 Å². The molecule has 0 fully saturated rings. The Morgan fingerprint density at radius 1 is 1.36 bits per heavy atom. The van der Waals surface area contributed by atoms with Crippen molar-refractivity contribution in [2.45, 2.75) is 39.7 Å². The Balaban J connectivity index is 0.000000461. The van der Waals surface area contributed by atoms with E-state index in [2.05, 4.69) is 6.92 Å². The molecule has 0 aliphatic carbocycles. The maximum Gasteiger partial charge on any atom is 0.123 e. The molecule has 0 spiro atoms. The Morgan fingerprint density at radius 2 is 2.07 bits per heavy atom. The third-order valence-electron chi connectivity index (χ3n) is 2.23. The highest BCUT2D eigenvalue weighted by molar-refractivity contribution is 5.48. The summed E-state index contributed by atoms with van der Waals surface area (Å²) in [5, 5.41) is 0. The van der Waals surface area contributed by atoms with Gasteiger partial charge in [-0.05, 0) is 43.5 Å². The lowest BCUT2D eigenvalue weighted by Crippen LogP contribution is -2.18. The van der Waals surface area contributed by atoms with Crippen molar-refractivity contribution in [2.75, 3.05) is 5.73 Å². The molecule has 1 aliphatic rings. The van der Waals surface area contributed by atoms with Crippen LogP contribution in [-0.2, 0) is 6.42 Å². The van der Waals surface area contributed by atoms with Gasteiger partial charge in [-0.25, -0.2) is 0 Å². The van der Waals surface area contributed by atoms with Gasteiger partial charge in [0.2, 0.25) is 0 Å². The van der Waals surface area contributed by atoms with Crippen molar-refractivity contribution in [3.05, 3.63) is 23.8 Å². The molecule has 1 atom stereocenters. The lowest BCUT2D eigenvalue weighted by Gasteiger charge is -2.23. The number of nitrogen functional groups attached to an aromatic ring is 1. The van der Waals surface area contributed by atoms with E-state index in [1.54, 1.807) is 0 Å². The number of hydrogen-bond acceptors (Lipinski definition) is 2. The monoisotopic (exact) mass is 193 g/mol. The van der Waals surface area contributed by atoms with Crippen LogP contribution in [0, 0.1) is 0 Å². The summed E-state index contributed by atoms with van der Waals surface area (Å²) in [5.41, 5.74) is 7.73. The highest BCUT2D eigenvalue weighted by atomic mass is 16.5. The highest BCUT2D eigenvalue weighted by Crippen LogP contribution is 2.28. The van der Waals surface area contributed by atoms with E-state index in [4.69, 9.17) is 10.5 Å². The topological polar surface area (TPSA) is 35.2 Å². The molecule has 0 unspecified atom stereocenters. The van der Waals surface area contributed by atoms with E-state index in [1.807, 2.05) is 32.0 Å². The predicted octanol–water partition coefficient (Wildman–Crippen LogP) is 3.01. The van der Waals surface area contributed by atoms with Crippen LogP contribution in [0.25, 0.3) is 0 Å². The second-order valence-electron chi connectivity index (χ2n) is 3.33. The van der Waals surface area contributed by atoms with Gasteiger partial charge in [0.1, 0.15) is 5.75 Å². The molecule has 78 valence electrons. The molecule has 0 bridgehead atoms. The van der Waals surface area contributed by atoms with Crippen molar-refractivity contribution in [1.29, 1.82) is 0 Å². The zero-order valence-corrected chi connectivity index (χ0v) is 9.21. The molecule has 0 aromatic heterocycles. The molecule has 0 saturated carbocycles. The third-order valence-corrected chi connectivity index (χ3v) is 2.23. The molecule has 14 heavy (non-hydrogen) atoms. The Bertz CT molecular complexity index is 296. The predicted molar refractivity (Wildman–Crippen MR) is 60.6 cm³/mol. The molecule has 1 aliphatic heterocycles. The maximum atomic E-state index is 5.66. The summed E-state index contributed by atoms with van der Waals surface area (Å²) < 4.78 is 5.63. The minimum Gasteiger partial charge on any atom is -0.490 e. The smallest absolute Gasteiger partial charge is 0.123 e. The Morgan fingerprint density at radius 3 is 2.79 bits per heavy atom. The zero-order chi connectivity index (χ0) is 10.6. The highest BCUT2D eigenvalue weighted by Gasteiger charge is 2.15. The number of rotatable bonds is 0. The van der Waals surface area contributed by atoms with Gasteiger partial charge in [-0.1, -0.05) is 13.8 Å². The van der Waals surface area contributed by atoms with Crippen molar-refractivity contribution in [3.8, 4) is 5.75 Å². The first kappa shape index (κ1) is 10.9. The quantitative estimate of drug-likeness (QED) is 0.643. The van der Waals surface area contributed by atoms with Gasteiger partial charge < -0.3 is 10.5 Å². The number of aryl methyl sites for hydroxylation is 1. The Hall–Kier alpha value is -1.18. The van der Waals surface area contributed by atoms with E-state index in [1.165, 1.54) is 5.56 Å². The van der Waals surface area contributed by atoms with Gasteiger partial charge in [-0.15, -0.1) is 0 Å².